The van der Waals surface area contributed by atoms with Crippen LogP contribution < -0.4 is 11.1 Å². The summed E-state index contributed by atoms with van der Waals surface area (Å²) in [6.07, 6.45) is 3.15. The Bertz CT molecular complexity index is 558. The van der Waals surface area contributed by atoms with E-state index in [0.29, 0.717) is 5.69 Å². The maximum Gasteiger partial charge on any atom is 0.0645 e. The molecule has 0 spiro atoms. The number of benzene rings is 1. The highest BCUT2D eigenvalue weighted by Crippen LogP contribution is 2.21. The van der Waals surface area contributed by atoms with Crippen molar-refractivity contribution >= 4 is 17.1 Å². The Hall–Kier alpha value is -2.03. The monoisotopic (exact) mass is 189 g/mol. The van der Waals surface area contributed by atoms with Gasteiger partial charge in [0.05, 0.1) is 16.9 Å². The molecule has 0 aliphatic carbocycles. The van der Waals surface area contributed by atoms with Crippen molar-refractivity contribution in [3.63, 3.8) is 0 Å². The Morgan fingerprint density at radius 1 is 1.21 bits per heavy atom. The number of nitrogen functional groups attached to an aromatic ring is 1. The van der Waals surface area contributed by atoms with E-state index in [9.17, 15) is 0 Å². The third kappa shape index (κ3) is 1.82. The van der Waals surface area contributed by atoms with Crippen LogP contribution in [0.25, 0.3) is 0 Å². The van der Waals surface area contributed by atoms with Crippen LogP contribution in [-0.4, -0.2) is 4.98 Å². The molecular weight excluding hydrogens is 174 g/mol. The van der Waals surface area contributed by atoms with E-state index in [1.165, 1.54) is 0 Å². The lowest BCUT2D eigenvalue weighted by Crippen LogP contribution is -1.95. The Balaban J connectivity index is 2.52. The summed E-state index contributed by atoms with van der Waals surface area (Å²) in [5, 5.41) is 2.87. The van der Waals surface area contributed by atoms with Crippen LogP contribution in [0.3, 0.4) is 0 Å². The Labute approximate surface area is 88.2 Å². The molecule has 2 aromatic rings. The third-order valence-corrected chi connectivity index (χ3v) is 1.67. The summed E-state index contributed by atoms with van der Waals surface area (Å²) in [7, 11) is 0. The summed E-state index contributed by atoms with van der Waals surface area (Å²) in [5.41, 5.74) is 6.54. The zero-order chi connectivity index (χ0) is 13.3. The van der Waals surface area contributed by atoms with Crippen LogP contribution in [0.2, 0.25) is 0 Å². The Morgan fingerprint density at radius 2 is 1.93 bits per heavy atom. The van der Waals surface area contributed by atoms with Crippen molar-refractivity contribution in [3.05, 3.63) is 48.7 Å². The highest BCUT2D eigenvalue weighted by atomic mass is 14.9. The molecule has 3 nitrogen and oxygen atoms in total. The zero-order valence-corrected chi connectivity index (χ0v) is 7.33. The first-order chi connectivity index (χ1) is 8.52. The molecule has 0 unspecified atom stereocenters. The van der Waals surface area contributed by atoms with E-state index in [2.05, 4.69) is 10.3 Å². The smallest absolute Gasteiger partial charge is 0.0645 e. The summed E-state index contributed by atoms with van der Waals surface area (Å²) in [4.78, 5) is 3.86. The minimum atomic E-state index is -0.335. The van der Waals surface area contributed by atoms with Crippen LogP contribution in [0.5, 0.6) is 0 Å². The second-order valence-corrected chi connectivity index (χ2v) is 2.65. The standard InChI is InChI=1S/C11H11N3/c12-10-3-1-2-4-11(10)14-9-5-7-13-8-6-9/h1-8H,12H2,(H,13,14)/i1D,2D,3D,4D. The van der Waals surface area contributed by atoms with Crippen molar-refractivity contribution in [2.45, 2.75) is 0 Å². The van der Waals surface area contributed by atoms with Gasteiger partial charge in [-0.25, -0.2) is 0 Å². The van der Waals surface area contributed by atoms with E-state index in [0.717, 1.165) is 0 Å². The lowest BCUT2D eigenvalue weighted by Gasteiger charge is -2.07. The molecule has 3 N–H and O–H groups in total. The fourth-order valence-electron chi connectivity index (χ4n) is 1.00. The number of rotatable bonds is 2. The second kappa shape index (κ2) is 3.79. The largest absolute Gasteiger partial charge is 0.397 e. The lowest BCUT2D eigenvalue weighted by atomic mass is 10.2. The molecule has 0 aliphatic heterocycles. The van der Waals surface area contributed by atoms with Gasteiger partial charge in [0.1, 0.15) is 0 Å². The van der Waals surface area contributed by atoms with Crippen molar-refractivity contribution in [1.82, 2.24) is 4.98 Å². The van der Waals surface area contributed by atoms with E-state index in [1.54, 1.807) is 24.5 Å². The molecule has 0 atom stereocenters. The van der Waals surface area contributed by atoms with Crippen molar-refractivity contribution < 1.29 is 5.48 Å². The zero-order valence-electron chi connectivity index (χ0n) is 11.3. The molecule has 1 aromatic carbocycles. The molecule has 3 heteroatoms. The first-order valence-corrected chi connectivity index (χ1v) is 4.05. The fraction of sp³-hybridized carbons (Fsp3) is 0. The molecule has 0 radical (unpaired) electrons. The number of anilines is 3. The van der Waals surface area contributed by atoms with Crippen molar-refractivity contribution in [3.8, 4) is 0 Å². The van der Waals surface area contributed by atoms with Gasteiger partial charge in [0.25, 0.3) is 0 Å². The maximum atomic E-state index is 7.77. The predicted molar refractivity (Wildman–Crippen MR) is 58.4 cm³/mol. The summed E-state index contributed by atoms with van der Waals surface area (Å²) in [5.74, 6) is 0. The SMILES string of the molecule is [2H]c1c([2H])c([2H])c(Nc2ccncc2)c(N)c1[2H]. The number of para-hydroxylation sites is 2. The average Bonchev–Trinajstić information content (AvgIpc) is 2.40. The molecule has 0 saturated heterocycles. The van der Waals surface area contributed by atoms with Crippen molar-refractivity contribution in [1.29, 1.82) is 0 Å². The van der Waals surface area contributed by atoms with Gasteiger partial charge in [-0.05, 0) is 24.2 Å². The molecule has 70 valence electrons. The van der Waals surface area contributed by atoms with E-state index in [-0.39, 0.29) is 35.5 Å². The van der Waals surface area contributed by atoms with Gasteiger partial charge in [-0.1, -0.05) is 12.1 Å². The molecule has 0 saturated carbocycles. The first kappa shape index (κ1) is 5.00. The lowest BCUT2D eigenvalue weighted by molar-refractivity contribution is 1.32. The van der Waals surface area contributed by atoms with Gasteiger partial charge in [0.2, 0.25) is 0 Å². The highest BCUT2D eigenvalue weighted by molar-refractivity contribution is 5.71. The number of hydrogen-bond acceptors (Lipinski definition) is 3. The highest BCUT2D eigenvalue weighted by Gasteiger charge is 1.96. The molecule has 0 aliphatic rings. The molecule has 0 bridgehead atoms. The van der Waals surface area contributed by atoms with Gasteiger partial charge in [-0.15, -0.1) is 0 Å². The average molecular weight is 189 g/mol. The molecule has 14 heavy (non-hydrogen) atoms. The van der Waals surface area contributed by atoms with Crippen molar-refractivity contribution in [2.75, 3.05) is 11.1 Å². The fourth-order valence-corrected chi connectivity index (χ4v) is 1.00. The summed E-state index contributed by atoms with van der Waals surface area (Å²) in [6.45, 7) is 0. The van der Waals surface area contributed by atoms with Crippen LogP contribution in [0, 0.1) is 0 Å². The molecule has 1 aromatic heterocycles. The van der Waals surface area contributed by atoms with Gasteiger partial charge in [0.15, 0.2) is 0 Å². The van der Waals surface area contributed by atoms with Gasteiger partial charge in [-0.3, -0.25) is 4.98 Å². The third-order valence-electron chi connectivity index (χ3n) is 1.67. The van der Waals surface area contributed by atoms with Crippen LogP contribution in [0.15, 0.2) is 48.7 Å². The van der Waals surface area contributed by atoms with Crippen LogP contribution >= 0.6 is 0 Å². The second-order valence-electron chi connectivity index (χ2n) is 2.65. The van der Waals surface area contributed by atoms with E-state index < -0.39 is 0 Å². The number of aromatic nitrogens is 1. The van der Waals surface area contributed by atoms with E-state index in [4.69, 9.17) is 11.2 Å². The molecule has 2 rings (SSSR count). The molecule has 0 amide bonds. The molecule has 0 fully saturated rings. The number of nitrogens with one attached hydrogen (secondary N) is 1. The van der Waals surface area contributed by atoms with Crippen LogP contribution in [-0.2, 0) is 0 Å². The summed E-state index contributed by atoms with van der Waals surface area (Å²) < 4.78 is 30.5. The number of nitrogens with zero attached hydrogens (tertiary/aromatic N) is 1. The maximum absolute atomic E-state index is 7.77. The minimum Gasteiger partial charge on any atom is -0.397 e. The van der Waals surface area contributed by atoms with Gasteiger partial charge < -0.3 is 11.1 Å². The number of nitrogens with two attached hydrogens (primary N) is 1. The van der Waals surface area contributed by atoms with E-state index in [1.807, 2.05) is 0 Å². The quantitative estimate of drug-likeness (QED) is 0.713. The number of pyridine rings is 1. The Morgan fingerprint density at radius 3 is 2.71 bits per heavy atom. The topological polar surface area (TPSA) is 50.9 Å². The van der Waals surface area contributed by atoms with Crippen molar-refractivity contribution in [2.24, 2.45) is 0 Å². The summed E-state index contributed by atoms with van der Waals surface area (Å²) >= 11 is 0. The number of hydrogen-bond donors (Lipinski definition) is 2. The first-order valence-electron chi connectivity index (χ1n) is 6.05. The summed E-state index contributed by atoms with van der Waals surface area (Å²) in [6, 6.07) is 2.28. The molecule has 1 heterocycles. The van der Waals surface area contributed by atoms with E-state index >= 15 is 0 Å². The minimum absolute atomic E-state index is 0.00203. The normalized spacial score (nSPS) is 13.7. The molecular formula is C11H11N3. The van der Waals surface area contributed by atoms with Gasteiger partial charge in [-0.2, -0.15) is 0 Å². The van der Waals surface area contributed by atoms with Gasteiger partial charge >= 0.3 is 0 Å². The Kier molecular flexibility index (Phi) is 1.35. The van der Waals surface area contributed by atoms with Crippen LogP contribution in [0.1, 0.15) is 5.48 Å². The van der Waals surface area contributed by atoms with Gasteiger partial charge in [0, 0.05) is 18.1 Å². The predicted octanol–water partition coefficient (Wildman–Crippen LogP) is 2.41. The van der Waals surface area contributed by atoms with Crippen LogP contribution in [0.4, 0.5) is 17.1 Å².